The Hall–Kier alpha value is -5.34. The molecule has 0 aliphatic rings. The summed E-state index contributed by atoms with van der Waals surface area (Å²) < 4.78 is 26.1. The predicted molar refractivity (Wildman–Crippen MR) is 271 cm³/mol. The monoisotopic (exact) mass is 892 g/mol. The van der Waals surface area contributed by atoms with Gasteiger partial charge in [0.15, 0.2) is 11.2 Å². The summed E-state index contributed by atoms with van der Waals surface area (Å²) in [6, 6.07) is 31.4. The second kappa shape index (κ2) is 25.4. The van der Waals surface area contributed by atoms with Gasteiger partial charge in [0, 0.05) is 21.6 Å². The average Bonchev–Trinajstić information content (AvgIpc) is 3.98. The van der Waals surface area contributed by atoms with Crippen molar-refractivity contribution in [1.82, 2.24) is 9.97 Å². The molecule has 342 valence electrons. The molecular formula is C57H68N2O5S. The van der Waals surface area contributed by atoms with E-state index in [-0.39, 0.29) is 0 Å². The van der Waals surface area contributed by atoms with E-state index in [0.717, 1.165) is 68.9 Å². The van der Waals surface area contributed by atoms with Crippen molar-refractivity contribution in [3.05, 3.63) is 103 Å². The van der Waals surface area contributed by atoms with E-state index in [4.69, 9.17) is 28.3 Å². The first-order chi connectivity index (χ1) is 32.1. The number of hydrogen-bond acceptors (Lipinski definition) is 8. The Morgan fingerprint density at radius 1 is 0.446 bits per heavy atom. The van der Waals surface area contributed by atoms with Crippen molar-refractivity contribution >= 4 is 41.1 Å². The number of hydrogen-bond donors (Lipinski definition) is 1. The number of rotatable bonds is 29. The number of ether oxygens (including phenoxy) is 2. The summed E-state index contributed by atoms with van der Waals surface area (Å²) in [6.45, 7) is 5.92. The molecule has 0 fully saturated rings. The van der Waals surface area contributed by atoms with Gasteiger partial charge in [0.2, 0.25) is 11.8 Å². The molecule has 5 aromatic carbocycles. The van der Waals surface area contributed by atoms with E-state index in [1.54, 1.807) is 12.1 Å². The van der Waals surface area contributed by atoms with Gasteiger partial charge in [-0.05, 0) is 84.6 Å². The smallest absolute Gasteiger partial charge is 0.227 e. The van der Waals surface area contributed by atoms with E-state index in [1.165, 1.54) is 116 Å². The number of unbranched alkanes of at least 4 members (excludes halogenated alkanes) is 18. The first-order valence-electron chi connectivity index (χ1n) is 24.6. The molecule has 0 bridgehead atoms. The van der Waals surface area contributed by atoms with Gasteiger partial charge in [-0.15, -0.1) is 12.6 Å². The molecule has 0 N–H and O–H groups in total. The molecule has 0 aliphatic heterocycles. The lowest BCUT2D eigenvalue weighted by Gasteiger charge is -2.11. The first kappa shape index (κ1) is 47.6. The third-order valence-corrected chi connectivity index (χ3v) is 12.7. The third kappa shape index (κ3) is 13.4. The van der Waals surface area contributed by atoms with Crippen LogP contribution in [-0.2, 0) is 0 Å². The van der Waals surface area contributed by atoms with E-state index in [9.17, 15) is 4.79 Å². The summed E-state index contributed by atoms with van der Waals surface area (Å²) in [6.07, 6.45) is 26.6. The molecule has 0 atom stereocenters. The highest BCUT2D eigenvalue weighted by molar-refractivity contribution is 7.80. The number of aldehydes is 1. The third-order valence-electron chi connectivity index (χ3n) is 12.4. The molecule has 0 radical (unpaired) electrons. The Bertz CT molecular complexity index is 2360. The zero-order valence-corrected chi connectivity index (χ0v) is 39.6. The molecule has 8 heteroatoms. The highest BCUT2D eigenvalue weighted by Gasteiger charge is 2.27. The minimum absolute atomic E-state index is 0.435. The van der Waals surface area contributed by atoms with Crippen molar-refractivity contribution in [1.29, 1.82) is 0 Å². The number of nitrogens with zero attached hydrogens (tertiary/aromatic N) is 2. The van der Waals surface area contributed by atoms with Crippen LogP contribution in [0.2, 0.25) is 0 Å². The summed E-state index contributed by atoms with van der Waals surface area (Å²) in [5.41, 5.74) is 8.04. The zero-order valence-electron chi connectivity index (χ0n) is 38.8. The lowest BCUT2D eigenvalue weighted by molar-refractivity contribution is 0.112. The van der Waals surface area contributed by atoms with Crippen LogP contribution in [0, 0.1) is 0 Å². The van der Waals surface area contributed by atoms with Crippen LogP contribution in [0.5, 0.6) is 11.5 Å². The molecular weight excluding hydrogens is 825 g/mol. The molecule has 7 rings (SSSR count). The van der Waals surface area contributed by atoms with Crippen LogP contribution in [0.15, 0.2) is 111 Å². The molecule has 0 saturated carbocycles. The van der Waals surface area contributed by atoms with Crippen molar-refractivity contribution in [2.45, 2.75) is 147 Å². The van der Waals surface area contributed by atoms with E-state index >= 15 is 0 Å². The Morgan fingerprint density at radius 2 is 0.785 bits per heavy atom. The van der Waals surface area contributed by atoms with Gasteiger partial charge in [0.1, 0.15) is 28.8 Å². The van der Waals surface area contributed by atoms with Crippen molar-refractivity contribution in [3.8, 4) is 56.7 Å². The highest BCUT2D eigenvalue weighted by atomic mass is 32.1. The number of fused-ring (bicyclic) bond motifs is 2. The summed E-state index contributed by atoms with van der Waals surface area (Å²) in [7, 11) is 0. The van der Waals surface area contributed by atoms with Crippen LogP contribution in [-0.4, -0.2) is 29.5 Å². The van der Waals surface area contributed by atoms with Crippen LogP contribution < -0.4 is 9.47 Å². The van der Waals surface area contributed by atoms with Gasteiger partial charge in [0.25, 0.3) is 0 Å². The lowest BCUT2D eigenvalue weighted by atomic mass is 9.96. The molecule has 7 nitrogen and oxygen atoms in total. The van der Waals surface area contributed by atoms with Crippen molar-refractivity contribution in [2.24, 2.45) is 0 Å². The van der Waals surface area contributed by atoms with Gasteiger partial charge in [-0.3, -0.25) is 4.79 Å². The number of thiol groups is 1. The van der Waals surface area contributed by atoms with E-state index in [0.29, 0.717) is 52.8 Å². The molecule has 0 aliphatic carbocycles. The quantitative estimate of drug-likeness (QED) is 0.0285. The average molecular weight is 893 g/mol. The Labute approximate surface area is 392 Å². The Morgan fingerprint density at radius 3 is 1.15 bits per heavy atom. The largest absolute Gasteiger partial charge is 0.494 e. The van der Waals surface area contributed by atoms with Gasteiger partial charge in [-0.25, -0.2) is 9.97 Å². The second-order valence-corrected chi connectivity index (χ2v) is 18.1. The Kier molecular flexibility index (Phi) is 18.6. The predicted octanol–water partition coefficient (Wildman–Crippen LogP) is 17.3. The molecule has 0 amide bonds. The van der Waals surface area contributed by atoms with Gasteiger partial charge in [-0.2, -0.15) is 0 Å². The fourth-order valence-corrected chi connectivity index (χ4v) is 8.77. The normalized spacial score (nSPS) is 11.5. The van der Waals surface area contributed by atoms with Crippen LogP contribution in [0.1, 0.15) is 153 Å². The molecule has 7 aromatic rings. The molecule has 65 heavy (non-hydrogen) atoms. The van der Waals surface area contributed by atoms with Crippen LogP contribution >= 0.6 is 12.6 Å². The Balaban J connectivity index is 1.14. The lowest BCUT2D eigenvalue weighted by Crippen LogP contribution is -1.97. The maximum atomic E-state index is 11.5. The van der Waals surface area contributed by atoms with Crippen LogP contribution in [0.4, 0.5) is 0 Å². The molecule has 2 heterocycles. The van der Waals surface area contributed by atoms with Gasteiger partial charge in [0.05, 0.1) is 24.3 Å². The van der Waals surface area contributed by atoms with Crippen molar-refractivity contribution in [3.63, 3.8) is 0 Å². The van der Waals surface area contributed by atoms with Gasteiger partial charge >= 0.3 is 0 Å². The topological polar surface area (TPSA) is 87.6 Å². The standard InChI is InChI=1S/C57H68N2O5S/c1-3-5-7-9-11-13-15-17-19-21-39-61-47-33-27-43(28-34-47)50-52-54(63-56(58-52)45-25-23-42(41-60)24-26-45)51(53-55(50)64-57(59-53)46-31-37-49(65)38-32-46)44-29-35-48(36-30-44)62-40-22-20-18-16-14-12-10-8-6-4-2/h23-38,41,65H,3-22,39-40H2,1-2H3. The first-order valence-corrected chi connectivity index (χ1v) is 25.1. The van der Waals surface area contributed by atoms with Crippen LogP contribution in [0.25, 0.3) is 67.4 Å². The molecule has 0 saturated heterocycles. The maximum Gasteiger partial charge on any atom is 0.227 e. The van der Waals surface area contributed by atoms with Crippen molar-refractivity contribution in [2.75, 3.05) is 13.2 Å². The molecule has 0 spiro atoms. The SMILES string of the molecule is CCCCCCCCCCCCOc1ccc(-c2c3nc(-c4ccc(C=O)cc4)oc3c(-c3ccc(OCCCCCCCCCCCC)cc3)c3nc(-c4ccc(S)cc4)oc23)cc1. The number of benzene rings is 5. The summed E-state index contributed by atoms with van der Waals surface area (Å²) >= 11 is 4.53. The minimum Gasteiger partial charge on any atom is -0.494 e. The number of carbonyl (C=O) groups is 1. The molecule has 0 unspecified atom stereocenters. The zero-order chi connectivity index (χ0) is 45.1. The minimum atomic E-state index is 0.435. The number of oxazole rings is 2. The highest BCUT2D eigenvalue weighted by Crippen LogP contribution is 2.46. The van der Waals surface area contributed by atoms with Gasteiger partial charge in [-0.1, -0.05) is 166 Å². The maximum absolute atomic E-state index is 11.5. The fourth-order valence-electron chi connectivity index (χ4n) is 8.62. The van der Waals surface area contributed by atoms with Crippen LogP contribution in [0.3, 0.4) is 0 Å². The summed E-state index contributed by atoms with van der Waals surface area (Å²) in [5.74, 6) is 2.57. The fraction of sp³-hybridized carbons (Fsp3) is 0.421. The summed E-state index contributed by atoms with van der Waals surface area (Å²) in [5, 5.41) is 0. The van der Waals surface area contributed by atoms with Gasteiger partial charge < -0.3 is 18.3 Å². The summed E-state index contributed by atoms with van der Waals surface area (Å²) in [4.78, 5) is 22.8. The number of aromatic nitrogens is 2. The second-order valence-electron chi connectivity index (χ2n) is 17.5. The number of carbonyl (C=O) groups excluding carboxylic acids is 1. The van der Waals surface area contributed by atoms with E-state index in [2.05, 4.69) is 50.7 Å². The van der Waals surface area contributed by atoms with E-state index < -0.39 is 0 Å². The molecule has 2 aromatic heterocycles. The van der Waals surface area contributed by atoms with Crippen molar-refractivity contribution < 1.29 is 23.1 Å². The van der Waals surface area contributed by atoms with E-state index in [1.807, 2.05) is 60.7 Å².